The molecule has 27 heavy (non-hydrogen) atoms. The second kappa shape index (κ2) is 7.25. The molecule has 4 rings (SSSR count). The summed E-state index contributed by atoms with van der Waals surface area (Å²) in [6.45, 7) is 0. The minimum atomic E-state index is 0.578. The Morgan fingerprint density at radius 2 is 1.48 bits per heavy atom. The maximum atomic E-state index is 5.54. The molecular formula is C21H18N2O3S. The molecule has 0 spiro atoms. The highest BCUT2D eigenvalue weighted by Crippen LogP contribution is 2.48. The molecule has 0 aliphatic rings. The zero-order valence-electron chi connectivity index (χ0n) is 15.2. The van der Waals surface area contributed by atoms with Crippen LogP contribution in [0.3, 0.4) is 0 Å². The molecule has 0 amide bonds. The van der Waals surface area contributed by atoms with Crippen molar-refractivity contribution in [2.45, 2.75) is 0 Å². The number of ether oxygens (including phenoxy) is 3. The fraction of sp³-hybridized carbons (Fsp3) is 0.143. The number of hydrogen-bond donors (Lipinski definition) is 0. The van der Waals surface area contributed by atoms with Crippen LogP contribution in [-0.2, 0) is 0 Å². The van der Waals surface area contributed by atoms with E-state index in [-0.39, 0.29) is 0 Å². The summed E-state index contributed by atoms with van der Waals surface area (Å²) in [7, 11) is 4.85. The first-order valence-electron chi connectivity index (χ1n) is 8.34. The highest BCUT2D eigenvalue weighted by molar-refractivity contribution is 7.23. The lowest BCUT2D eigenvalue weighted by atomic mass is 10.0. The molecule has 2 aromatic heterocycles. The molecule has 5 nitrogen and oxygen atoms in total. The van der Waals surface area contributed by atoms with Crippen LogP contribution in [0.15, 0.2) is 55.1 Å². The normalized spacial score (nSPS) is 10.8. The summed E-state index contributed by atoms with van der Waals surface area (Å²) in [6, 6.07) is 12.3. The fourth-order valence-electron chi connectivity index (χ4n) is 3.18. The van der Waals surface area contributed by atoms with E-state index in [9.17, 15) is 0 Å². The number of benzene rings is 2. The molecule has 0 aliphatic carbocycles. The van der Waals surface area contributed by atoms with Crippen molar-refractivity contribution in [3.05, 3.63) is 55.1 Å². The van der Waals surface area contributed by atoms with Crippen molar-refractivity contribution in [2.24, 2.45) is 0 Å². The van der Waals surface area contributed by atoms with Gasteiger partial charge in [0.2, 0.25) is 5.75 Å². The van der Waals surface area contributed by atoms with Crippen molar-refractivity contribution in [1.82, 2.24) is 9.97 Å². The van der Waals surface area contributed by atoms with Crippen LogP contribution < -0.4 is 14.2 Å². The van der Waals surface area contributed by atoms with E-state index in [1.165, 1.54) is 16.4 Å². The molecule has 136 valence electrons. The molecule has 0 N–H and O–H groups in total. The molecule has 0 saturated heterocycles. The van der Waals surface area contributed by atoms with E-state index in [2.05, 4.69) is 22.1 Å². The smallest absolute Gasteiger partial charge is 0.203 e. The molecule has 0 saturated carbocycles. The Labute approximate surface area is 161 Å². The lowest BCUT2D eigenvalue weighted by Gasteiger charge is -2.14. The van der Waals surface area contributed by atoms with Gasteiger partial charge in [0.15, 0.2) is 11.5 Å². The lowest BCUT2D eigenvalue weighted by Crippen LogP contribution is -1.95. The summed E-state index contributed by atoms with van der Waals surface area (Å²) in [5, 5.41) is 1.17. The van der Waals surface area contributed by atoms with Crippen LogP contribution in [-0.4, -0.2) is 31.3 Å². The van der Waals surface area contributed by atoms with Gasteiger partial charge in [0.25, 0.3) is 0 Å². The van der Waals surface area contributed by atoms with Crippen LogP contribution in [0.4, 0.5) is 0 Å². The quantitative estimate of drug-likeness (QED) is 0.486. The first-order chi connectivity index (χ1) is 13.3. The topological polar surface area (TPSA) is 53.5 Å². The monoisotopic (exact) mass is 378 g/mol. The Morgan fingerprint density at radius 3 is 2.11 bits per heavy atom. The SMILES string of the molecule is COc1cc(-c2sc3ccccc3c2-c2cncnc2)cc(OC)c1OC. The molecule has 0 unspecified atom stereocenters. The fourth-order valence-corrected chi connectivity index (χ4v) is 4.39. The summed E-state index contributed by atoms with van der Waals surface area (Å²) < 4.78 is 17.7. The predicted molar refractivity (Wildman–Crippen MR) is 108 cm³/mol. The summed E-state index contributed by atoms with van der Waals surface area (Å²) in [5.74, 6) is 1.83. The first kappa shape index (κ1) is 17.3. The van der Waals surface area contributed by atoms with Crippen LogP contribution >= 0.6 is 11.3 Å². The third-order valence-electron chi connectivity index (χ3n) is 4.37. The van der Waals surface area contributed by atoms with Gasteiger partial charge in [-0.15, -0.1) is 11.3 Å². The minimum absolute atomic E-state index is 0.578. The third-order valence-corrected chi connectivity index (χ3v) is 5.59. The van der Waals surface area contributed by atoms with Gasteiger partial charge in [-0.25, -0.2) is 9.97 Å². The van der Waals surface area contributed by atoms with E-state index in [4.69, 9.17) is 14.2 Å². The molecule has 6 heteroatoms. The van der Waals surface area contributed by atoms with Gasteiger partial charge in [0, 0.05) is 38.5 Å². The van der Waals surface area contributed by atoms with Crippen LogP contribution in [0.1, 0.15) is 0 Å². The van der Waals surface area contributed by atoms with E-state index in [1.54, 1.807) is 32.7 Å². The van der Waals surface area contributed by atoms with Gasteiger partial charge < -0.3 is 14.2 Å². The average Bonchev–Trinajstić information content (AvgIpc) is 3.12. The van der Waals surface area contributed by atoms with E-state index < -0.39 is 0 Å². The van der Waals surface area contributed by atoms with Gasteiger partial charge in [-0.1, -0.05) is 18.2 Å². The largest absolute Gasteiger partial charge is 0.493 e. The summed E-state index contributed by atoms with van der Waals surface area (Å²) in [4.78, 5) is 9.50. The molecule has 4 aromatic rings. The second-order valence-corrected chi connectivity index (χ2v) is 6.90. The second-order valence-electron chi connectivity index (χ2n) is 5.84. The van der Waals surface area contributed by atoms with Gasteiger partial charge in [0.1, 0.15) is 6.33 Å². The Balaban J connectivity index is 2.03. The number of methoxy groups -OCH3 is 3. The van der Waals surface area contributed by atoms with Crippen LogP contribution in [0, 0.1) is 0 Å². The van der Waals surface area contributed by atoms with Crippen molar-refractivity contribution in [3.63, 3.8) is 0 Å². The maximum Gasteiger partial charge on any atom is 0.203 e. The van der Waals surface area contributed by atoms with Gasteiger partial charge >= 0.3 is 0 Å². The highest BCUT2D eigenvalue weighted by Gasteiger charge is 2.20. The maximum absolute atomic E-state index is 5.54. The standard InChI is InChI=1S/C21H18N2O3S/c1-24-16-8-13(9-17(25-2)20(16)26-3)21-19(14-10-22-12-23-11-14)15-6-4-5-7-18(15)27-21/h4-12H,1-3H3. The van der Waals surface area contributed by atoms with Gasteiger partial charge in [-0.3, -0.25) is 0 Å². The first-order valence-corrected chi connectivity index (χ1v) is 9.15. The predicted octanol–water partition coefficient (Wildman–Crippen LogP) is 5.05. The van der Waals surface area contributed by atoms with Gasteiger partial charge in [0.05, 0.1) is 21.3 Å². The van der Waals surface area contributed by atoms with Crippen LogP contribution in [0.2, 0.25) is 0 Å². The van der Waals surface area contributed by atoms with Crippen molar-refractivity contribution in [2.75, 3.05) is 21.3 Å². The van der Waals surface area contributed by atoms with E-state index in [0.29, 0.717) is 17.2 Å². The number of nitrogens with zero attached hydrogens (tertiary/aromatic N) is 2. The van der Waals surface area contributed by atoms with Crippen LogP contribution in [0.5, 0.6) is 17.2 Å². The zero-order chi connectivity index (χ0) is 18.8. The molecular weight excluding hydrogens is 360 g/mol. The van der Waals surface area contributed by atoms with Crippen molar-refractivity contribution >= 4 is 21.4 Å². The Kier molecular flexibility index (Phi) is 4.64. The van der Waals surface area contributed by atoms with E-state index in [1.807, 2.05) is 36.7 Å². The number of rotatable bonds is 5. The molecule has 0 atom stereocenters. The van der Waals surface area contributed by atoms with Gasteiger partial charge in [-0.2, -0.15) is 0 Å². The lowest BCUT2D eigenvalue weighted by molar-refractivity contribution is 0.324. The molecule has 0 fully saturated rings. The molecule has 2 heterocycles. The minimum Gasteiger partial charge on any atom is -0.493 e. The molecule has 0 bridgehead atoms. The average molecular weight is 378 g/mol. The molecule has 2 aromatic carbocycles. The summed E-state index contributed by atoms with van der Waals surface area (Å²) in [5.41, 5.74) is 3.06. The molecule has 0 aliphatic heterocycles. The van der Waals surface area contributed by atoms with Gasteiger partial charge in [-0.05, 0) is 23.8 Å². The number of fused-ring (bicyclic) bond motifs is 1. The van der Waals surface area contributed by atoms with E-state index >= 15 is 0 Å². The zero-order valence-corrected chi connectivity index (χ0v) is 16.0. The Morgan fingerprint density at radius 1 is 0.815 bits per heavy atom. The number of aromatic nitrogens is 2. The van der Waals surface area contributed by atoms with Crippen LogP contribution in [0.25, 0.3) is 31.7 Å². The van der Waals surface area contributed by atoms with Crippen molar-refractivity contribution in [3.8, 4) is 38.8 Å². The number of thiophene rings is 1. The molecule has 0 radical (unpaired) electrons. The van der Waals surface area contributed by atoms with E-state index in [0.717, 1.165) is 21.6 Å². The number of hydrogen-bond acceptors (Lipinski definition) is 6. The third kappa shape index (κ3) is 2.98. The Hall–Kier alpha value is -3.12. The van der Waals surface area contributed by atoms with Crippen molar-refractivity contribution in [1.29, 1.82) is 0 Å². The summed E-state index contributed by atoms with van der Waals surface area (Å²) in [6.07, 6.45) is 5.21. The highest BCUT2D eigenvalue weighted by atomic mass is 32.1. The van der Waals surface area contributed by atoms with Crippen molar-refractivity contribution < 1.29 is 14.2 Å². The summed E-state index contributed by atoms with van der Waals surface area (Å²) >= 11 is 1.72. The Bertz CT molecular complexity index is 1070.